The topological polar surface area (TPSA) is 86.7 Å². The van der Waals surface area contributed by atoms with E-state index in [1.54, 1.807) is 24.3 Å². The first-order chi connectivity index (χ1) is 12.5. The van der Waals surface area contributed by atoms with Crippen LogP contribution >= 0.6 is 0 Å². The van der Waals surface area contributed by atoms with Gasteiger partial charge in [-0.1, -0.05) is 43.9 Å². The van der Waals surface area contributed by atoms with E-state index in [4.69, 9.17) is 5.11 Å². The lowest BCUT2D eigenvalue weighted by atomic mass is 10.1. The van der Waals surface area contributed by atoms with E-state index < -0.39 is 5.97 Å². The second-order valence-corrected chi connectivity index (χ2v) is 7.31. The Balaban J connectivity index is 1.64. The van der Waals surface area contributed by atoms with Crippen molar-refractivity contribution in [3.8, 4) is 0 Å². The molecule has 1 aromatic rings. The number of carboxylic acids is 1. The van der Waals surface area contributed by atoms with Crippen molar-refractivity contribution < 1.29 is 19.5 Å². The minimum absolute atomic E-state index is 0.0656. The van der Waals surface area contributed by atoms with Gasteiger partial charge in [-0.05, 0) is 24.5 Å². The van der Waals surface area contributed by atoms with Crippen molar-refractivity contribution in [3.63, 3.8) is 0 Å². The zero-order valence-electron chi connectivity index (χ0n) is 14.9. The average Bonchev–Trinajstić information content (AvgIpc) is 2.82. The minimum atomic E-state index is -0.942. The Morgan fingerprint density at radius 3 is 2.50 bits per heavy atom. The molecule has 6 heteroatoms. The highest BCUT2D eigenvalue weighted by Crippen LogP contribution is 2.29. The second kappa shape index (κ2) is 8.34. The van der Waals surface area contributed by atoms with E-state index in [2.05, 4.69) is 5.32 Å². The van der Waals surface area contributed by atoms with Gasteiger partial charge in [0.15, 0.2) is 0 Å². The van der Waals surface area contributed by atoms with Crippen molar-refractivity contribution in [3.05, 3.63) is 29.8 Å². The van der Waals surface area contributed by atoms with E-state index in [1.165, 1.54) is 12.8 Å². The Bertz CT molecular complexity index is 680. The summed E-state index contributed by atoms with van der Waals surface area (Å²) in [4.78, 5) is 38.0. The number of nitrogens with zero attached hydrogens (tertiary/aromatic N) is 1. The molecule has 0 spiro atoms. The summed E-state index contributed by atoms with van der Waals surface area (Å²) in [7, 11) is 0. The number of amides is 2. The molecule has 2 amide bonds. The van der Waals surface area contributed by atoms with Crippen molar-refractivity contribution in [2.24, 2.45) is 5.92 Å². The van der Waals surface area contributed by atoms with Gasteiger partial charge in [0.1, 0.15) is 0 Å². The highest BCUT2D eigenvalue weighted by molar-refractivity contribution is 5.98. The maximum Gasteiger partial charge on any atom is 0.307 e. The van der Waals surface area contributed by atoms with Crippen molar-refractivity contribution in [1.29, 1.82) is 0 Å². The van der Waals surface area contributed by atoms with Gasteiger partial charge >= 0.3 is 5.97 Å². The van der Waals surface area contributed by atoms with E-state index in [9.17, 15) is 14.4 Å². The summed E-state index contributed by atoms with van der Waals surface area (Å²) in [5, 5.41) is 11.8. The van der Waals surface area contributed by atoms with Crippen LogP contribution < -0.4 is 5.32 Å². The van der Waals surface area contributed by atoms with Gasteiger partial charge in [-0.15, -0.1) is 0 Å². The third kappa shape index (κ3) is 4.42. The normalized spacial score (nSPS) is 21.5. The molecule has 2 aliphatic rings. The number of aliphatic carboxylic acids is 1. The maximum atomic E-state index is 12.7. The number of anilines is 1. The van der Waals surface area contributed by atoms with Crippen molar-refractivity contribution in [2.75, 3.05) is 11.9 Å². The zero-order chi connectivity index (χ0) is 18.5. The van der Waals surface area contributed by atoms with Crippen LogP contribution in [0.3, 0.4) is 0 Å². The van der Waals surface area contributed by atoms with E-state index in [1.807, 2.05) is 4.90 Å². The molecule has 0 bridgehead atoms. The van der Waals surface area contributed by atoms with Crippen LogP contribution in [-0.4, -0.2) is 40.4 Å². The molecule has 140 valence electrons. The molecule has 1 saturated heterocycles. The number of rotatable bonds is 5. The number of hydrogen-bond acceptors (Lipinski definition) is 3. The number of para-hydroxylation sites is 1. The standard InChI is InChI=1S/C20H26N2O4/c23-18-11-15(13-22(18)16-8-3-1-2-4-9-16)20(26)21-17-10-6-5-7-14(17)12-19(24)25/h5-7,10,15-16H,1-4,8-9,11-13H2,(H,21,26)(H,24,25). The molecule has 3 rings (SSSR count). The number of likely N-dealkylation sites (tertiary alicyclic amines) is 1. The first kappa shape index (κ1) is 18.4. The molecule has 1 aliphatic carbocycles. The Kier molecular flexibility index (Phi) is 5.91. The molecule has 1 aliphatic heterocycles. The summed E-state index contributed by atoms with van der Waals surface area (Å²) >= 11 is 0. The number of hydrogen-bond donors (Lipinski definition) is 2. The fourth-order valence-corrected chi connectivity index (χ4v) is 4.02. The predicted molar refractivity (Wildman–Crippen MR) is 97.7 cm³/mol. The summed E-state index contributed by atoms with van der Waals surface area (Å²) < 4.78 is 0. The lowest BCUT2D eigenvalue weighted by Crippen LogP contribution is -2.37. The van der Waals surface area contributed by atoms with Gasteiger partial charge in [-0.3, -0.25) is 14.4 Å². The second-order valence-electron chi connectivity index (χ2n) is 7.31. The smallest absolute Gasteiger partial charge is 0.307 e. The van der Waals surface area contributed by atoms with E-state index >= 15 is 0 Å². The summed E-state index contributed by atoms with van der Waals surface area (Å²) in [5.74, 6) is -1.45. The third-order valence-electron chi connectivity index (χ3n) is 5.41. The van der Waals surface area contributed by atoms with Gasteiger partial charge < -0.3 is 15.3 Å². The van der Waals surface area contributed by atoms with Crippen molar-refractivity contribution in [2.45, 2.75) is 57.4 Å². The van der Waals surface area contributed by atoms with Crippen LogP contribution in [-0.2, 0) is 20.8 Å². The van der Waals surface area contributed by atoms with Gasteiger partial charge in [0, 0.05) is 24.7 Å². The molecular formula is C20H26N2O4. The fraction of sp³-hybridized carbons (Fsp3) is 0.550. The van der Waals surface area contributed by atoms with Crippen molar-refractivity contribution in [1.82, 2.24) is 4.90 Å². The molecule has 1 atom stereocenters. The van der Waals surface area contributed by atoms with Crippen LogP contribution in [0.4, 0.5) is 5.69 Å². The first-order valence-corrected chi connectivity index (χ1v) is 9.44. The molecule has 0 radical (unpaired) electrons. The van der Waals surface area contributed by atoms with E-state index in [-0.39, 0.29) is 36.6 Å². The minimum Gasteiger partial charge on any atom is -0.481 e. The fourth-order valence-electron chi connectivity index (χ4n) is 4.02. The van der Waals surface area contributed by atoms with Crippen LogP contribution in [0.5, 0.6) is 0 Å². The highest BCUT2D eigenvalue weighted by atomic mass is 16.4. The Morgan fingerprint density at radius 1 is 1.12 bits per heavy atom. The van der Waals surface area contributed by atoms with Crippen LogP contribution in [0.2, 0.25) is 0 Å². The SMILES string of the molecule is O=C(O)Cc1ccccc1NC(=O)C1CC(=O)N(C2CCCCCC2)C1. The lowest BCUT2D eigenvalue weighted by molar-refractivity contribution is -0.136. The molecule has 1 aromatic carbocycles. The summed E-state index contributed by atoms with van der Waals surface area (Å²) in [6.07, 6.45) is 6.90. The number of carboxylic acid groups (broad SMARTS) is 1. The molecule has 1 unspecified atom stereocenters. The van der Waals surface area contributed by atoms with Gasteiger partial charge in [-0.25, -0.2) is 0 Å². The maximum absolute atomic E-state index is 12.7. The zero-order valence-corrected chi connectivity index (χ0v) is 14.9. The van der Waals surface area contributed by atoms with Crippen LogP contribution in [0.1, 0.15) is 50.5 Å². The van der Waals surface area contributed by atoms with Gasteiger partial charge in [0.05, 0.1) is 12.3 Å². The molecular weight excluding hydrogens is 332 g/mol. The summed E-state index contributed by atoms with van der Waals surface area (Å²) in [6, 6.07) is 7.18. The molecule has 1 saturated carbocycles. The molecule has 2 fully saturated rings. The molecule has 6 nitrogen and oxygen atoms in total. The van der Waals surface area contributed by atoms with Crippen LogP contribution in [0.15, 0.2) is 24.3 Å². The number of carbonyl (C=O) groups is 3. The van der Waals surface area contributed by atoms with E-state index in [0.29, 0.717) is 17.8 Å². The molecule has 1 heterocycles. The molecule has 26 heavy (non-hydrogen) atoms. The Morgan fingerprint density at radius 2 is 1.81 bits per heavy atom. The quantitative estimate of drug-likeness (QED) is 0.793. The number of carbonyl (C=O) groups excluding carboxylic acids is 2. The van der Waals surface area contributed by atoms with Crippen molar-refractivity contribution >= 4 is 23.5 Å². The monoisotopic (exact) mass is 358 g/mol. The lowest BCUT2D eigenvalue weighted by Gasteiger charge is -2.27. The van der Waals surface area contributed by atoms with Crippen LogP contribution in [0, 0.1) is 5.92 Å². The molecule has 2 N–H and O–H groups in total. The van der Waals surface area contributed by atoms with E-state index in [0.717, 1.165) is 25.7 Å². The molecule has 0 aromatic heterocycles. The number of nitrogens with one attached hydrogen (secondary N) is 1. The van der Waals surface area contributed by atoms with Gasteiger partial charge in [-0.2, -0.15) is 0 Å². The predicted octanol–water partition coefficient (Wildman–Crippen LogP) is 2.82. The highest BCUT2D eigenvalue weighted by Gasteiger charge is 2.38. The largest absolute Gasteiger partial charge is 0.481 e. The summed E-state index contributed by atoms with van der Waals surface area (Å²) in [6.45, 7) is 0.469. The first-order valence-electron chi connectivity index (χ1n) is 9.44. The Hall–Kier alpha value is -2.37. The van der Waals surface area contributed by atoms with Crippen LogP contribution in [0.25, 0.3) is 0 Å². The summed E-state index contributed by atoms with van der Waals surface area (Å²) in [5.41, 5.74) is 1.08. The number of benzene rings is 1. The van der Waals surface area contributed by atoms with Gasteiger partial charge in [0.2, 0.25) is 11.8 Å². The average molecular weight is 358 g/mol. The van der Waals surface area contributed by atoms with Gasteiger partial charge in [0.25, 0.3) is 0 Å². The Labute approximate surface area is 153 Å². The third-order valence-corrected chi connectivity index (χ3v) is 5.41.